The van der Waals surface area contributed by atoms with Gasteiger partial charge in [0.25, 0.3) is 0 Å². The molecule has 0 saturated heterocycles. The van der Waals surface area contributed by atoms with Crippen LogP contribution in [0.4, 0.5) is 0 Å². The fraction of sp³-hybridized carbons (Fsp3) is 0.333. The molecule has 1 N–H and O–H groups in total. The second-order valence-corrected chi connectivity index (χ2v) is 4.36. The number of benzene rings is 1. The summed E-state index contributed by atoms with van der Waals surface area (Å²) in [5.74, 6) is 0.649. The summed E-state index contributed by atoms with van der Waals surface area (Å²) in [4.78, 5) is 8.08. The number of nitrogens with one attached hydrogen (secondary N) is 1. The summed E-state index contributed by atoms with van der Waals surface area (Å²) >= 11 is 0. The minimum absolute atomic E-state index is 0.649. The molecule has 100 valence electrons. The van der Waals surface area contributed by atoms with Crippen LogP contribution in [0, 0.1) is 6.92 Å². The van der Waals surface area contributed by atoms with Gasteiger partial charge in [0.1, 0.15) is 6.33 Å². The predicted molar refractivity (Wildman–Crippen MR) is 75.0 cm³/mol. The van der Waals surface area contributed by atoms with E-state index in [1.165, 1.54) is 11.9 Å². The lowest BCUT2D eigenvalue weighted by Gasteiger charge is -2.06. The highest BCUT2D eigenvalue weighted by atomic mass is 16.5. The SMILES string of the molecule is Cc1cc(OCCCNCc2ccccc2)ncn1. The molecule has 0 fully saturated rings. The molecule has 2 aromatic rings. The van der Waals surface area contributed by atoms with E-state index >= 15 is 0 Å². The molecule has 0 aliphatic carbocycles. The van der Waals surface area contributed by atoms with E-state index in [1.807, 2.05) is 19.1 Å². The molecule has 0 atom stereocenters. The third-order valence-electron chi connectivity index (χ3n) is 2.70. The van der Waals surface area contributed by atoms with Gasteiger partial charge in [-0.1, -0.05) is 30.3 Å². The fourth-order valence-electron chi connectivity index (χ4n) is 1.71. The van der Waals surface area contributed by atoms with E-state index in [-0.39, 0.29) is 0 Å². The molecule has 0 aliphatic heterocycles. The highest BCUT2D eigenvalue weighted by Crippen LogP contribution is 2.05. The van der Waals surface area contributed by atoms with E-state index in [0.29, 0.717) is 12.5 Å². The van der Waals surface area contributed by atoms with E-state index in [1.54, 1.807) is 0 Å². The number of aryl methyl sites for hydroxylation is 1. The van der Waals surface area contributed by atoms with Crippen molar-refractivity contribution in [3.63, 3.8) is 0 Å². The van der Waals surface area contributed by atoms with E-state index in [2.05, 4.69) is 39.6 Å². The van der Waals surface area contributed by atoms with Gasteiger partial charge < -0.3 is 10.1 Å². The number of nitrogens with zero attached hydrogens (tertiary/aromatic N) is 2. The monoisotopic (exact) mass is 257 g/mol. The van der Waals surface area contributed by atoms with Crippen molar-refractivity contribution in [2.45, 2.75) is 19.9 Å². The molecule has 2 rings (SSSR count). The number of aromatic nitrogens is 2. The van der Waals surface area contributed by atoms with Gasteiger partial charge in [-0.05, 0) is 25.5 Å². The molecule has 0 amide bonds. The van der Waals surface area contributed by atoms with Crippen molar-refractivity contribution in [1.82, 2.24) is 15.3 Å². The molecule has 0 spiro atoms. The maximum absolute atomic E-state index is 5.55. The number of hydrogen-bond acceptors (Lipinski definition) is 4. The first-order valence-electron chi connectivity index (χ1n) is 6.51. The lowest BCUT2D eigenvalue weighted by Crippen LogP contribution is -2.17. The molecular weight excluding hydrogens is 238 g/mol. The molecule has 4 nitrogen and oxygen atoms in total. The lowest BCUT2D eigenvalue weighted by molar-refractivity contribution is 0.296. The van der Waals surface area contributed by atoms with Crippen LogP contribution in [0.2, 0.25) is 0 Å². The molecule has 0 radical (unpaired) electrons. The average molecular weight is 257 g/mol. The van der Waals surface area contributed by atoms with Gasteiger partial charge in [0.05, 0.1) is 6.61 Å². The van der Waals surface area contributed by atoms with Gasteiger partial charge in [0.15, 0.2) is 0 Å². The van der Waals surface area contributed by atoms with Crippen LogP contribution in [0.15, 0.2) is 42.7 Å². The van der Waals surface area contributed by atoms with Gasteiger partial charge >= 0.3 is 0 Å². The van der Waals surface area contributed by atoms with Crippen molar-refractivity contribution in [2.24, 2.45) is 0 Å². The van der Waals surface area contributed by atoms with Crippen LogP contribution in [0.3, 0.4) is 0 Å². The summed E-state index contributed by atoms with van der Waals surface area (Å²) in [5, 5.41) is 3.39. The highest BCUT2D eigenvalue weighted by Gasteiger charge is 1.96. The Hall–Kier alpha value is -1.94. The molecule has 4 heteroatoms. The first-order valence-corrected chi connectivity index (χ1v) is 6.51. The van der Waals surface area contributed by atoms with Crippen LogP contribution in [0.25, 0.3) is 0 Å². The first-order chi connectivity index (χ1) is 9.34. The molecule has 19 heavy (non-hydrogen) atoms. The summed E-state index contributed by atoms with van der Waals surface area (Å²) in [6.07, 6.45) is 2.48. The number of rotatable bonds is 7. The Kier molecular flexibility index (Phi) is 5.31. The van der Waals surface area contributed by atoms with Crippen LogP contribution in [0.5, 0.6) is 5.88 Å². The predicted octanol–water partition coefficient (Wildman–Crippen LogP) is 2.34. The van der Waals surface area contributed by atoms with E-state index in [4.69, 9.17) is 4.74 Å². The highest BCUT2D eigenvalue weighted by molar-refractivity contribution is 5.14. The molecule has 0 bridgehead atoms. The first kappa shape index (κ1) is 13.5. The smallest absolute Gasteiger partial charge is 0.216 e. The Morgan fingerprint density at radius 2 is 2.00 bits per heavy atom. The number of hydrogen-bond donors (Lipinski definition) is 1. The Morgan fingerprint density at radius 3 is 2.79 bits per heavy atom. The van der Waals surface area contributed by atoms with Crippen LogP contribution in [0.1, 0.15) is 17.7 Å². The zero-order chi connectivity index (χ0) is 13.3. The Bertz CT molecular complexity index is 488. The molecule has 0 unspecified atom stereocenters. The second-order valence-electron chi connectivity index (χ2n) is 4.36. The Morgan fingerprint density at radius 1 is 1.16 bits per heavy atom. The van der Waals surface area contributed by atoms with Crippen LogP contribution < -0.4 is 10.1 Å². The third-order valence-corrected chi connectivity index (χ3v) is 2.70. The van der Waals surface area contributed by atoms with Crippen molar-refractivity contribution in [3.8, 4) is 5.88 Å². The second kappa shape index (κ2) is 7.48. The summed E-state index contributed by atoms with van der Waals surface area (Å²) in [5.41, 5.74) is 2.22. The summed E-state index contributed by atoms with van der Waals surface area (Å²) in [6, 6.07) is 12.2. The normalized spacial score (nSPS) is 10.4. The minimum atomic E-state index is 0.649. The van der Waals surface area contributed by atoms with Crippen molar-refractivity contribution >= 4 is 0 Å². The van der Waals surface area contributed by atoms with E-state index in [0.717, 1.165) is 25.2 Å². The zero-order valence-corrected chi connectivity index (χ0v) is 11.2. The standard InChI is InChI=1S/C15H19N3O/c1-13-10-15(18-12-17-13)19-9-5-8-16-11-14-6-3-2-4-7-14/h2-4,6-7,10,12,16H,5,8-9,11H2,1H3. The summed E-state index contributed by atoms with van der Waals surface area (Å²) in [7, 11) is 0. The molecule has 0 saturated carbocycles. The van der Waals surface area contributed by atoms with E-state index in [9.17, 15) is 0 Å². The van der Waals surface area contributed by atoms with Gasteiger partial charge in [-0.25, -0.2) is 9.97 Å². The summed E-state index contributed by atoms with van der Waals surface area (Å²) in [6.45, 7) is 4.42. The van der Waals surface area contributed by atoms with Gasteiger partial charge in [-0.2, -0.15) is 0 Å². The largest absolute Gasteiger partial charge is 0.478 e. The quantitative estimate of drug-likeness (QED) is 0.773. The van der Waals surface area contributed by atoms with Crippen molar-refractivity contribution in [2.75, 3.05) is 13.2 Å². The van der Waals surface area contributed by atoms with Gasteiger partial charge in [-0.15, -0.1) is 0 Å². The maximum atomic E-state index is 5.55. The third kappa shape index (κ3) is 5.06. The molecule has 0 aliphatic rings. The average Bonchev–Trinajstić information content (AvgIpc) is 2.44. The van der Waals surface area contributed by atoms with Crippen molar-refractivity contribution in [1.29, 1.82) is 0 Å². The minimum Gasteiger partial charge on any atom is -0.478 e. The van der Waals surface area contributed by atoms with Gasteiger partial charge in [0.2, 0.25) is 5.88 Å². The number of ether oxygens (including phenoxy) is 1. The summed E-state index contributed by atoms with van der Waals surface area (Å²) < 4.78 is 5.55. The molecule has 1 aromatic carbocycles. The van der Waals surface area contributed by atoms with Gasteiger partial charge in [-0.3, -0.25) is 0 Å². The molecular formula is C15H19N3O. The molecule has 1 aromatic heterocycles. The van der Waals surface area contributed by atoms with Crippen molar-refractivity contribution in [3.05, 3.63) is 54.0 Å². The van der Waals surface area contributed by atoms with Gasteiger partial charge in [0, 0.05) is 18.3 Å². The van der Waals surface area contributed by atoms with Crippen LogP contribution in [-0.2, 0) is 6.54 Å². The topological polar surface area (TPSA) is 47.0 Å². The van der Waals surface area contributed by atoms with Crippen molar-refractivity contribution < 1.29 is 4.74 Å². The van der Waals surface area contributed by atoms with E-state index < -0.39 is 0 Å². The van der Waals surface area contributed by atoms with Crippen LogP contribution >= 0.6 is 0 Å². The fourth-order valence-corrected chi connectivity index (χ4v) is 1.71. The Labute approximate surface area is 113 Å². The van der Waals surface area contributed by atoms with Crippen LogP contribution in [-0.4, -0.2) is 23.1 Å². The Balaban J connectivity index is 1.58. The zero-order valence-electron chi connectivity index (χ0n) is 11.2. The lowest BCUT2D eigenvalue weighted by atomic mass is 10.2. The molecule has 1 heterocycles. The maximum Gasteiger partial charge on any atom is 0.216 e.